The van der Waals surface area contributed by atoms with Crippen molar-refractivity contribution in [2.75, 3.05) is 20.1 Å². The van der Waals surface area contributed by atoms with Crippen molar-refractivity contribution in [1.29, 1.82) is 0 Å². The van der Waals surface area contributed by atoms with Gasteiger partial charge in [-0.15, -0.1) is 0 Å². The van der Waals surface area contributed by atoms with Crippen LogP contribution in [0.4, 0.5) is 4.39 Å². The molecule has 1 unspecified atom stereocenters. The number of carbonyl (C=O) groups is 3. The molecule has 1 aliphatic heterocycles. The summed E-state index contributed by atoms with van der Waals surface area (Å²) >= 11 is 0. The van der Waals surface area contributed by atoms with Gasteiger partial charge < -0.3 is 26.4 Å². The number of aromatic hydroxyl groups is 1. The molecule has 4 aliphatic rings. The number of nitrogens with two attached hydrogens (primary N) is 1. The first-order valence-electron chi connectivity index (χ1n) is 12.3. The Morgan fingerprint density at radius 1 is 1.25 bits per heavy atom. The SMILES string of the molecule is CCN[C@@H]1C(O)=C(C(N)=O)C(=O)[C@H]2C(=O)C3=C(O)c4c(O)cc(C5CCCN5C)c(F)c4C[C@H]3C[C@H]21. The van der Waals surface area contributed by atoms with E-state index in [0.717, 1.165) is 19.4 Å². The number of amides is 1. The third kappa shape index (κ3) is 3.38. The lowest BCUT2D eigenvalue weighted by Crippen LogP contribution is -2.56. The summed E-state index contributed by atoms with van der Waals surface area (Å²) in [6.45, 7) is 2.97. The first-order chi connectivity index (χ1) is 17.1. The van der Waals surface area contributed by atoms with Gasteiger partial charge in [0.25, 0.3) is 5.91 Å². The van der Waals surface area contributed by atoms with Crippen LogP contribution in [-0.4, -0.2) is 63.9 Å². The maximum atomic E-state index is 15.9. The van der Waals surface area contributed by atoms with Crippen molar-refractivity contribution in [1.82, 2.24) is 10.2 Å². The van der Waals surface area contributed by atoms with E-state index in [1.54, 1.807) is 6.92 Å². The second kappa shape index (κ2) is 8.70. The van der Waals surface area contributed by atoms with Crippen LogP contribution in [0.3, 0.4) is 0 Å². The fraction of sp³-hybridized carbons (Fsp3) is 0.500. The minimum absolute atomic E-state index is 0.0491. The van der Waals surface area contributed by atoms with Crippen molar-refractivity contribution in [2.24, 2.45) is 23.5 Å². The van der Waals surface area contributed by atoms with Crippen LogP contribution in [0.25, 0.3) is 5.76 Å². The highest BCUT2D eigenvalue weighted by molar-refractivity contribution is 6.28. The van der Waals surface area contributed by atoms with Crippen LogP contribution in [0.5, 0.6) is 5.75 Å². The van der Waals surface area contributed by atoms with Crippen molar-refractivity contribution in [3.05, 3.63) is 45.5 Å². The van der Waals surface area contributed by atoms with Gasteiger partial charge in [0.2, 0.25) is 0 Å². The van der Waals surface area contributed by atoms with E-state index in [1.165, 1.54) is 6.07 Å². The Kier molecular flexibility index (Phi) is 5.91. The molecule has 1 saturated heterocycles. The first-order valence-corrected chi connectivity index (χ1v) is 12.3. The third-order valence-electron chi connectivity index (χ3n) is 8.31. The molecule has 0 aromatic heterocycles. The molecule has 9 nitrogen and oxygen atoms in total. The van der Waals surface area contributed by atoms with Crippen LogP contribution in [0, 0.1) is 23.6 Å². The van der Waals surface area contributed by atoms with Gasteiger partial charge in [0.05, 0.1) is 17.5 Å². The largest absolute Gasteiger partial charge is 0.510 e. The van der Waals surface area contributed by atoms with E-state index < -0.39 is 64.2 Å². The lowest BCUT2D eigenvalue weighted by atomic mass is 9.59. The molecule has 1 heterocycles. The molecule has 6 N–H and O–H groups in total. The number of hydrogen-bond acceptors (Lipinski definition) is 8. The summed E-state index contributed by atoms with van der Waals surface area (Å²) in [6.07, 6.45) is 1.87. The Bertz CT molecular complexity index is 1250. The van der Waals surface area contributed by atoms with Crippen molar-refractivity contribution in [2.45, 2.75) is 44.7 Å². The number of halogens is 1. The number of rotatable bonds is 4. The predicted octanol–water partition coefficient (Wildman–Crippen LogP) is 1.80. The van der Waals surface area contributed by atoms with Gasteiger partial charge in [-0.3, -0.25) is 19.3 Å². The minimum atomic E-state index is -1.33. The van der Waals surface area contributed by atoms with Crippen LogP contribution in [0.1, 0.15) is 48.9 Å². The van der Waals surface area contributed by atoms with E-state index >= 15 is 4.39 Å². The number of phenolic OH excluding ortho intramolecular Hbond substituents is 1. The number of hydrogen-bond donors (Lipinski definition) is 5. The van der Waals surface area contributed by atoms with Gasteiger partial charge >= 0.3 is 0 Å². The van der Waals surface area contributed by atoms with Crippen molar-refractivity contribution >= 4 is 23.2 Å². The Labute approximate surface area is 207 Å². The number of ketones is 2. The summed E-state index contributed by atoms with van der Waals surface area (Å²) in [5, 5.41) is 35.7. The highest BCUT2D eigenvalue weighted by Crippen LogP contribution is 2.51. The number of primary amides is 1. The zero-order chi connectivity index (χ0) is 26.0. The van der Waals surface area contributed by atoms with Crippen molar-refractivity contribution in [3.63, 3.8) is 0 Å². The standard InChI is InChI=1S/C26H30FN3O6/c1-3-29-21-13-8-10-7-12-17(15(31)9-11(20(12)27)14-5-4-6-30(14)2)22(32)16(10)23(33)18(13)24(34)19(25(21)35)26(28)36/h9-10,13-14,18,21,29,31-32,35H,3-8H2,1-2H3,(H2,28,36)/t10-,13+,14?,18+,21-/m0/s1. The molecule has 1 saturated carbocycles. The van der Waals surface area contributed by atoms with E-state index in [1.807, 2.05) is 11.9 Å². The summed E-state index contributed by atoms with van der Waals surface area (Å²) in [4.78, 5) is 40.8. The number of benzene rings is 1. The highest BCUT2D eigenvalue weighted by Gasteiger charge is 2.55. The van der Waals surface area contributed by atoms with Crippen molar-refractivity contribution in [3.8, 4) is 5.75 Å². The molecule has 0 radical (unpaired) electrons. The number of phenols is 1. The average molecular weight is 500 g/mol. The molecule has 5 rings (SSSR count). The number of fused-ring (bicyclic) bond motifs is 3. The van der Waals surface area contributed by atoms with Crippen molar-refractivity contribution < 1.29 is 34.1 Å². The summed E-state index contributed by atoms with van der Waals surface area (Å²) in [7, 11) is 1.89. The zero-order valence-electron chi connectivity index (χ0n) is 20.2. The summed E-state index contributed by atoms with van der Waals surface area (Å²) < 4.78 is 15.9. The molecule has 36 heavy (non-hydrogen) atoms. The van der Waals surface area contributed by atoms with E-state index in [2.05, 4.69) is 5.32 Å². The normalized spacial score (nSPS) is 30.4. The van der Waals surface area contributed by atoms with Gasteiger partial charge in [-0.2, -0.15) is 0 Å². The van der Waals surface area contributed by atoms with Crippen LogP contribution in [0.2, 0.25) is 0 Å². The second-order valence-electron chi connectivity index (χ2n) is 10.2. The number of aliphatic hydroxyl groups is 2. The second-order valence-corrected chi connectivity index (χ2v) is 10.2. The first kappa shape index (κ1) is 24.5. The maximum Gasteiger partial charge on any atom is 0.255 e. The number of nitrogens with one attached hydrogen (secondary N) is 1. The van der Waals surface area contributed by atoms with Crippen LogP contribution in [0.15, 0.2) is 23.0 Å². The quantitative estimate of drug-likeness (QED) is 0.311. The molecular formula is C26H30FN3O6. The Morgan fingerprint density at radius 3 is 2.58 bits per heavy atom. The lowest BCUT2D eigenvalue weighted by Gasteiger charge is -2.44. The molecule has 0 spiro atoms. The van der Waals surface area contributed by atoms with Gasteiger partial charge in [0, 0.05) is 22.7 Å². The summed E-state index contributed by atoms with van der Waals surface area (Å²) in [6, 6.07) is 0.243. The molecule has 1 amide bonds. The predicted molar refractivity (Wildman–Crippen MR) is 127 cm³/mol. The van der Waals surface area contributed by atoms with Gasteiger partial charge in [0.1, 0.15) is 28.7 Å². The molecular weight excluding hydrogens is 469 g/mol. The molecule has 10 heteroatoms. The maximum absolute atomic E-state index is 15.9. The third-order valence-corrected chi connectivity index (χ3v) is 8.31. The Balaban J connectivity index is 1.63. The fourth-order valence-corrected chi connectivity index (χ4v) is 6.74. The van der Waals surface area contributed by atoms with Crippen LogP contribution in [-0.2, 0) is 20.8 Å². The van der Waals surface area contributed by atoms with Gasteiger partial charge in [0.15, 0.2) is 11.6 Å². The number of carbonyl (C=O) groups excluding carboxylic acids is 3. The fourth-order valence-electron chi connectivity index (χ4n) is 6.74. The van der Waals surface area contributed by atoms with Gasteiger partial charge in [-0.05, 0) is 63.7 Å². The molecule has 1 aromatic rings. The van der Waals surface area contributed by atoms with Crippen LogP contribution >= 0.6 is 0 Å². The highest BCUT2D eigenvalue weighted by atomic mass is 19.1. The molecule has 0 bridgehead atoms. The number of likely N-dealkylation sites (N-methyl/N-ethyl adjacent to an activating group) is 1. The number of allylic oxidation sites excluding steroid dienone is 1. The lowest BCUT2D eigenvalue weighted by molar-refractivity contribution is -0.135. The molecule has 2 fully saturated rings. The van der Waals surface area contributed by atoms with E-state index in [-0.39, 0.29) is 41.3 Å². The average Bonchev–Trinajstić information content (AvgIpc) is 3.23. The zero-order valence-corrected chi connectivity index (χ0v) is 20.2. The smallest absolute Gasteiger partial charge is 0.255 e. The van der Waals surface area contributed by atoms with Gasteiger partial charge in [-0.1, -0.05) is 6.92 Å². The topological polar surface area (TPSA) is 153 Å². The van der Waals surface area contributed by atoms with E-state index in [0.29, 0.717) is 12.1 Å². The Morgan fingerprint density at radius 2 is 1.97 bits per heavy atom. The molecule has 192 valence electrons. The number of likely N-dealkylation sites (tertiary alicyclic amines) is 1. The summed E-state index contributed by atoms with van der Waals surface area (Å²) in [5.41, 5.74) is 5.04. The molecule has 3 aliphatic carbocycles. The Hall–Kier alpha value is -3.24. The monoisotopic (exact) mass is 499 g/mol. The van der Waals surface area contributed by atoms with E-state index in [4.69, 9.17) is 5.73 Å². The van der Waals surface area contributed by atoms with Gasteiger partial charge in [-0.25, -0.2) is 4.39 Å². The number of aliphatic hydroxyl groups excluding tert-OH is 2. The molecule has 1 aromatic carbocycles. The molecule has 5 atom stereocenters. The number of nitrogens with zero attached hydrogens (tertiary/aromatic N) is 1. The van der Waals surface area contributed by atoms with Crippen LogP contribution < -0.4 is 11.1 Å². The number of Topliss-reactive ketones (excluding diaryl/α,β-unsaturated/α-hetero) is 2. The summed E-state index contributed by atoms with van der Waals surface area (Å²) in [5.74, 6) is -7.26. The van der Waals surface area contributed by atoms with E-state index in [9.17, 15) is 29.7 Å². The minimum Gasteiger partial charge on any atom is -0.510 e.